The number of benzene rings is 2. The summed E-state index contributed by atoms with van der Waals surface area (Å²) in [6.07, 6.45) is 4.44. The first-order chi connectivity index (χ1) is 12.5. The fraction of sp³-hybridized carbons (Fsp3) is 0.250. The normalized spacial score (nSPS) is 10.8. The smallest absolute Gasteiger partial charge is 0.248 e. The molecule has 0 aliphatic rings. The van der Waals surface area contributed by atoms with Crippen LogP contribution in [0, 0.1) is 11.6 Å². The van der Waals surface area contributed by atoms with Gasteiger partial charge in [-0.15, -0.1) is 0 Å². The number of amides is 1. The average Bonchev–Trinajstić information content (AvgIpc) is 2.61. The molecule has 2 rings (SSSR count). The van der Waals surface area contributed by atoms with Crippen LogP contribution in [0.3, 0.4) is 0 Å². The van der Waals surface area contributed by atoms with Gasteiger partial charge in [0.1, 0.15) is 5.75 Å². The second-order valence-corrected chi connectivity index (χ2v) is 5.54. The van der Waals surface area contributed by atoms with Crippen molar-refractivity contribution in [2.45, 2.75) is 19.8 Å². The van der Waals surface area contributed by atoms with E-state index in [-0.39, 0.29) is 5.56 Å². The molecule has 2 aromatic carbocycles. The largest absolute Gasteiger partial charge is 0.491 e. The SMILES string of the molecule is CCCCOc1ccccc1NC(=O)/C=C/c1cc(F)c(OC)c(F)c1. The minimum Gasteiger partial charge on any atom is -0.491 e. The van der Waals surface area contributed by atoms with Gasteiger partial charge in [-0.25, -0.2) is 8.78 Å². The second kappa shape index (κ2) is 9.56. The van der Waals surface area contributed by atoms with Gasteiger partial charge in [0.05, 0.1) is 19.4 Å². The highest BCUT2D eigenvalue weighted by molar-refractivity contribution is 6.02. The van der Waals surface area contributed by atoms with Crippen molar-refractivity contribution in [3.63, 3.8) is 0 Å². The second-order valence-electron chi connectivity index (χ2n) is 5.54. The molecule has 0 aliphatic carbocycles. The molecule has 1 amide bonds. The third kappa shape index (κ3) is 5.31. The minimum absolute atomic E-state index is 0.212. The summed E-state index contributed by atoms with van der Waals surface area (Å²) in [5.41, 5.74) is 0.744. The van der Waals surface area contributed by atoms with E-state index in [1.807, 2.05) is 6.07 Å². The number of halogens is 2. The van der Waals surface area contributed by atoms with Gasteiger partial charge in [0.25, 0.3) is 0 Å². The van der Waals surface area contributed by atoms with Crippen LogP contribution in [0.25, 0.3) is 6.08 Å². The van der Waals surface area contributed by atoms with E-state index in [0.717, 1.165) is 25.0 Å². The molecule has 6 heteroatoms. The molecule has 4 nitrogen and oxygen atoms in total. The van der Waals surface area contributed by atoms with Gasteiger partial charge in [-0.3, -0.25) is 4.79 Å². The predicted octanol–water partition coefficient (Wildman–Crippen LogP) is 4.80. The van der Waals surface area contributed by atoms with E-state index in [1.54, 1.807) is 18.2 Å². The summed E-state index contributed by atoms with van der Waals surface area (Å²) in [7, 11) is 1.18. The maximum atomic E-state index is 13.7. The number of hydrogen-bond acceptors (Lipinski definition) is 3. The lowest BCUT2D eigenvalue weighted by Crippen LogP contribution is -2.09. The van der Waals surface area contributed by atoms with E-state index < -0.39 is 23.3 Å². The summed E-state index contributed by atoms with van der Waals surface area (Å²) < 4.78 is 37.6. The summed E-state index contributed by atoms with van der Waals surface area (Å²) >= 11 is 0. The number of nitrogens with one attached hydrogen (secondary N) is 1. The first-order valence-electron chi connectivity index (χ1n) is 8.29. The molecule has 1 N–H and O–H groups in total. The fourth-order valence-corrected chi connectivity index (χ4v) is 2.24. The Hall–Kier alpha value is -2.89. The molecule has 26 heavy (non-hydrogen) atoms. The summed E-state index contributed by atoms with van der Waals surface area (Å²) in [5.74, 6) is -1.98. The maximum absolute atomic E-state index is 13.7. The van der Waals surface area contributed by atoms with Gasteiger partial charge in [0.15, 0.2) is 17.4 Å². The van der Waals surface area contributed by atoms with Gasteiger partial charge in [0.2, 0.25) is 5.91 Å². The zero-order valence-corrected chi connectivity index (χ0v) is 14.7. The molecule has 0 saturated carbocycles. The van der Waals surface area contributed by atoms with Crippen molar-refractivity contribution in [3.05, 3.63) is 59.7 Å². The number of methoxy groups -OCH3 is 1. The molecule has 0 aromatic heterocycles. The zero-order valence-electron chi connectivity index (χ0n) is 14.7. The molecular formula is C20H21F2NO3. The van der Waals surface area contributed by atoms with Crippen LogP contribution < -0.4 is 14.8 Å². The van der Waals surface area contributed by atoms with Crippen LogP contribution in [-0.2, 0) is 4.79 Å². The lowest BCUT2D eigenvalue weighted by molar-refractivity contribution is -0.111. The molecule has 0 heterocycles. The van der Waals surface area contributed by atoms with Crippen molar-refractivity contribution in [3.8, 4) is 11.5 Å². The number of anilines is 1. The zero-order chi connectivity index (χ0) is 18.9. The Morgan fingerprint density at radius 1 is 1.19 bits per heavy atom. The van der Waals surface area contributed by atoms with Crippen molar-refractivity contribution >= 4 is 17.7 Å². The van der Waals surface area contributed by atoms with Gasteiger partial charge < -0.3 is 14.8 Å². The molecule has 0 fully saturated rings. The third-order valence-corrected chi connectivity index (χ3v) is 3.55. The number of hydrogen-bond donors (Lipinski definition) is 1. The topological polar surface area (TPSA) is 47.6 Å². The number of ether oxygens (including phenoxy) is 2. The van der Waals surface area contributed by atoms with E-state index in [2.05, 4.69) is 17.0 Å². The number of carbonyl (C=O) groups is 1. The Morgan fingerprint density at radius 2 is 1.88 bits per heavy atom. The molecule has 0 saturated heterocycles. The van der Waals surface area contributed by atoms with E-state index >= 15 is 0 Å². The molecule has 2 aromatic rings. The number of para-hydroxylation sites is 2. The Morgan fingerprint density at radius 3 is 2.54 bits per heavy atom. The maximum Gasteiger partial charge on any atom is 0.248 e. The van der Waals surface area contributed by atoms with Crippen molar-refractivity contribution in [1.82, 2.24) is 0 Å². The molecule has 0 unspecified atom stereocenters. The minimum atomic E-state index is -0.831. The van der Waals surface area contributed by atoms with Gasteiger partial charge in [-0.2, -0.15) is 0 Å². The van der Waals surface area contributed by atoms with Crippen LogP contribution in [0.5, 0.6) is 11.5 Å². The fourth-order valence-electron chi connectivity index (χ4n) is 2.24. The Bertz CT molecular complexity index is 767. The van der Waals surface area contributed by atoms with E-state index in [0.29, 0.717) is 18.0 Å². The van der Waals surface area contributed by atoms with Crippen molar-refractivity contribution in [2.75, 3.05) is 19.0 Å². The van der Waals surface area contributed by atoms with Crippen molar-refractivity contribution in [2.24, 2.45) is 0 Å². The summed E-state index contributed by atoms with van der Waals surface area (Å²) in [6.45, 7) is 2.62. The summed E-state index contributed by atoms with van der Waals surface area (Å²) in [4.78, 5) is 12.1. The molecule has 0 aliphatic heterocycles. The quantitative estimate of drug-likeness (QED) is 0.542. The standard InChI is InChI=1S/C20H21F2NO3/c1-3-4-11-26-18-8-6-5-7-17(18)23-19(24)10-9-14-12-15(21)20(25-2)16(22)13-14/h5-10,12-13H,3-4,11H2,1-2H3,(H,23,24)/b10-9+. The first kappa shape index (κ1) is 19.4. The molecule has 0 spiro atoms. The molecule has 138 valence electrons. The predicted molar refractivity (Wildman–Crippen MR) is 97.4 cm³/mol. The third-order valence-electron chi connectivity index (χ3n) is 3.55. The Balaban J connectivity index is 2.06. The van der Waals surface area contributed by atoms with Gasteiger partial charge in [0, 0.05) is 6.08 Å². The highest BCUT2D eigenvalue weighted by Gasteiger charge is 2.10. The highest BCUT2D eigenvalue weighted by atomic mass is 19.1. The average molecular weight is 361 g/mol. The number of unbranched alkanes of at least 4 members (excludes halogenated alkanes) is 1. The van der Waals surface area contributed by atoms with E-state index in [1.165, 1.54) is 19.3 Å². The lowest BCUT2D eigenvalue weighted by atomic mass is 10.2. The van der Waals surface area contributed by atoms with Crippen LogP contribution in [0.15, 0.2) is 42.5 Å². The van der Waals surface area contributed by atoms with Crippen LogP contribution in [0.1, 0.15) is 25.3 Å². The lowest BCUT2D eigenvalue weighted by Gasteiger charge is -2.11. The summed E-state index contributed by atoms with van der Waals surface area (Å²) in [5, 5.41) is 2.70. The highest BCUT2D eigenvalue weighted by Crippen LogP contribution is 2.25. The van der Waals surface area contributed by atoms with Crippen LogP contribution in [-0.4, -0.2) is 19.6 Å². The molecular weight excluding hydrogens is 340 g/mol. The van der Waals surface area contributed by atoms with Crippen LogP contribution >= 0.6 is 0 Å². The van der Waals surface area contributed by atoms with Gasteiger partial charge >= 0.3 is 0 Å². The van der Waals surface area contributed by atoms with E-state index in [9.17, 15) is 13.6 Å². The number of carbonyl (C=O) groups excluding carboxylic acids is 1. The molecule has 0 bridgehead atoms. The first-order valence-corrected chi connectivity index (χ1v) is 8.29. The molecule has 0 radical (unpaired) electrons. The summed E-state index contributed by atoms with van der Waals surface area (Å²) in [6, 6.07) is 9.26. The van der Waals surface area contributed by atoms with Gasteiger partial charge in [-0.05, 0) is 42.3 Å². The monoisotopic (exact) mass is 361 g/mol. The van der Waals surface area contributed by atoms with Crippen LogP contribution in [0.2, 0.25) is 0 Å². The van der Waals surface area contributed by atoms with Crippen LogP contribution in [0.4, 0.5) is 14.5 Å². The van der Waals surface area contributed by atoms with Gasteiger partial charge in [-0.1, -0.05) is 25.5 Å². The number of rotatable bonds is 8. The Labute approximate surface area is 151 Å². The Kier molecular flexibility index (Phi) is 7.14. The van der Waals surface area contributed by atoms with Crippen molar-refractivity contribution < 1.29 is 23.0 Å². The van der Waals surface area contributed by atoms with E-state index in [4.69, 9.17) is 4.74 Å². The van der Waals surface area contributed by atoms with Crippen molar-refractivity contribution in [1.29, 1.82) is 0 Å². The molecule has 0 atom stereocenters.